The van der Waals surface area contributed by atoms with Gasteiger partial charge in [-0.25, -0.2) is 9.37 Å². The van der Waals surface area contributed by atoms with Gasteiger partial charge in [0.25, 0.3) is 0 Å². The lowest BCUT2D eigenvalue weighted by Gasteiger charge is -2.26. The first-order valence-corrected chi connectivity index (χ1v) is 13.1. The predicted molar refractivity (Wildman–Crippen MR) is 139 cm³/mol. The molecule has 1 aromatic carbocycles. The van der Waals surface area contributed by atoms with Crippen molar-refractivity contribution in [2.45, 2.75) is 64.0 Å². The fraction of sp³-hybridized carbons (Fsp3) is 0.571. The molecule has 2 atom stereocenters. The molecule has 0 spiro atoms. The number of halogens is 1. The Morgan fingerprint density at radius 2 is 2.08 bits per heavy atom. The van der Waals surface area contributed by atoms with Gasteiger partial charge in [0.15, 0.2) is 11.6 Å². The van der Waals surface area contributed by atoms with E-state index in [9.17, 15) is 14.3 Å². The average Bonchev–Trinajstić information content (AvgIpc) is 3.33. The molecule has 0 amide bonds. The number of aliphatic carboxylic acids is 1. The lowest BCUT2D eigenvalue weighted by molar-refractivity contribution is -0.143. The van der Waals surface area contributed by atoms with Crippen LogP contribution in [-0.2, 0) is 22.4 Å². The molecular weight excluding hydrogens is 477 g/mol. The Morgan fingerprint density at radius 3 is 2.84 bits per heavy atom. The van der Waals surface area contributed by atoms with Crippen LogP contribution in [0, 0.1) is 12.7 Å². The van der Waals surface area contributed by atoms with Gasteiger partial charge in [-0.2, -0.15) is 0 Å². The number of nitrogens with zero attached hydrogens (tertiary/aromatic N) is 2. The zero-order valence-corrected chi connectivity index (χ0v) is 22.0. The van der Waals surface area contributed by atoms with E-state index < -0.39 is 17.8 Å². The number of aryl methyl sites for hydroxylation is 2. The predicted octanol–water partition coefficient (Wildman–Crippen LogP) is 4.53. The maximum atomic E-state index is 14.4. The summed E-state index contributed by atoms with van der Waals surface area (Å²) < 4.78 is 31.3. The molecule has 202 valence electrons. The van der Waals surface area contributed by atoms with Gasteiger partial charge in [0.1, 0.15) is 17.6 Å². The van der Waals surface area contributed by atoms with Crippen molar-refractivity contribution in [1.29, 1.82) is 0 Å². The van der Waals surface area contributed by atoms with Gasteiger partial charge in [0.05, 0.1) is 20.3 Å². The van der Waals surface area contributed by atoms with Gasteiger partial charge >= 0.3 is 5.97 Å². The number of carboxylic acid groups (broad SMARTS) is 1. The van der Waals surface area contributed by atoms with Crippen LogP contribution in [0.2, 0.25) is 0 Å². The number of pyridine rings is 1. The smallest absolute Gasteiger partial charge is 0.325 e. The fourth-order valence-corrected chi connectivity index (χ4v) is 5.39. The molecule has 0 bridgehead atoms. The summed E-state index contributed by atoms with van der Waals surface area (Å²) in [7, 11) is 3.07. The van der Waals surface area contributed by atoms with Gasteiger partial charge in [-0.1, -0.05) is 6.42 Å². The number of hydrogen-bond donors (Lipinski definition) is 2. The van der Waals surface area contributed by atoms with Gasteiger partial charge in [-0.15, -0.1) is 0 Å². The third kappa shape index (κ3) is 6.51. The van der Waals surface area contributed by atoms with Gasteiger partial charge in [0, 0.05) is 49.1 Å². The van der Waals surface area contributed by atoms with Gasteiger partial charge in [-0.05, 0) is 63.1 Å². The summed E-state index contributed by atoms with van der Waals surface area (Å²) in [5.41, 5.74) is 3.22. The van der Waals surface area contributed by atoms with E-state index in [1.54, 1.807) is 20.1 Å². The van der Waals surface area contributed by atoms with E-state index in [0.29, 0.717) is 30.8 Å². The SMILES string of the molecule is COc1cc(CCCCCO[C@@H]2CCN([C@@H](C(=O)O)c3cc(C)cc(F)c3OC)C2)nc2c1CCCN2. The van der Waals surface area contributed by atoms with E-state index >= 15 is 0 Å². The van der Waals surface area contributed by atoms with E-state index in [2.05, 4.69) is 11.4 Å². The zero-order valence-electron chi connectivity index (χ0n) is 22.0. The minimum absolute atomic E-state index is 0.0100. The minimum atomic E-state index is -1.02. The average molecular weight is 516 g/mol. The maximum Gasteiger partial charge on any atom is 0.325 e. The van der Waals surface area contributed by atoms with Crippen molar-refractivity contribution in [3.8, 4) is 11.5 Å². The van der Waals surface area contributed by atoms with Crippen molar-refractivity contribution in [2.75, 3.05) is 45.8 Å². The summed E-state index contributed by atoms with van der Waals surface area (Å²) in [4.78, 5) is 18.8. The lowest BCUT2D eigenvalue weighted by Crippen LogP contribution is -2.34. The van der Waals surface area contributed by atoms with E-state index in [-0.39, 0.29) is 11.9 Å². The van der Waals surface area contributed by atoms with Gasteiger partial charge in [0.2, 0.25) is 0 Å². The van der Waals surface area contributed by atoms with Crippen molar-refractivity contribution in [3.63, 3.8) is 0 Å². The number of carbonyl (C=O) groups is 1. The van der Waals surface area contributed by atoms with Crippen LogP contribution in [0.4, 0.5) is 10.2 Å². The molecule has 0 radical (unpaired) electrons. The first kappa shape index (κ1) is 27.1. The molecule has 0 aliphatic carbocycles. The van der Waals surface area contributed by atoms with Crippen LogP contribution < -0.4 is 14.8 Å². The number of likely N-dealkylation sites (tertiary alicyclic amines) is 1. The molecule has 37 heavy (non-hydrogen) atoms. The molecule has 1 fully saturated rings. The van der Waals surface area contributed by atoms with Crippen LogP contribution in [-0.4, -0.2) is 67.5 Å². The molecule has 1 saturated heterocycles. The number of hydrogen-bond acceptors (Lipinski definition) is 7. The van der Waals surface area contributed by atoms with E-state index in [1.165, 1.54) is 18.7 Å². The quantitative estimate of drug-likeness (QED) is 0.398. The van der Waals surface area contributed by atoms with Crippen molar-refractivity contribution >= 4 is 11.8 Å². The highest BCUT2D eigenvalue weighted by Crippen LogP contribution is 2.35. The maximum absolute atomic E-state index is 14.4. The van der Waals surface area contributed by atoms with Crippen molar-refractivity contribution in [1.82, 2.24) is 9.88 Å². The van der Waals surface area contributed by atoms with Crippen molar-refractivity contribution in [2.24, 2.45) is 0 Å². The highest BCUT2D eigenvalue weighted by atomic mass is 19.1. The summed E-state index contributed by atoms with van der Waals surface area (Å²) in [6, 6.07) is 4.13. The minimum Gasteiger partial charge on any atom is -0.496 e. The molecule has 2 aromatic rings. The monoisotopic (exact) mass is 515 g/mol. The van der Waals surface area contributed by atoms with E-state index in [4.69, 9.17) is 19.2 Å². The number of benzene rings is 1. The Bertz CT molecular complexity index is 1080. The topological polar surface area (TPSA) is 93.2 Å². The summed E-state index contributed by atoms with van der Waals surface area (Å²) in [6.45, 7) is 4.38. The molecule has 0 unspecified atom stereocenters. The number of nitrogens with one attached hydrogen (secondary N) is 1. The Hall–Kier alpha value is -2.91. The summed E-state index contributed by atoms with van der Waals surface area (Å²) in [6.07, 6.45) is 6.63. The Balaban J connectivity index is 1.24. The Kier molecular flexibility index (Phi) is 9.21. The molecule has 8 nitrogen and oxygen atoms in total. The van der Waals surface area contributed by atoms with Gasteiger partial charge < -0.3 is 24.6 Å². The summed E-state index contributed by atoms with van der Waals surface area (Å²) in [5, 5.41) is 13.3. The fourth-order valence-electron chi connectivity index (χ4n) is 5.39. The first-order chi connectivity index (χ1) is 17.9. The van der Waals surface area contributed by atoms with Crippen molar-refractivity contribution in [3.05, 3.63) is 46.4 Å². The Labute approximate surface area is 218 Å². The number of rotatable bonds is 12. The van der Waals surface area contributed by atoms with Crippen LogP contribution in [0.15, 0.2) is 18.2 Å². The third-order valence-electron chi connectivity index (χ3n) is 7.17. The number of methoxy groups -OCH3 is 2. The second kappa shape index (κ2) is 12.6. The molecule has 1 aromatic heterocycles. The highest BCUT2D eigenvalue weighted by molar-refractivity contribution is 5.77. The largest absolute Gasteiger partial charge is 0.496 e. The first-order valence-electron chi connectivity index (χ1n) is 13.1. The normalized spacial score (nSPS) is 18.2. The molecule has 2 N–H and O–H groups in total. The molecule has 0 saturated carbocycles. The molecule has 3 heterocycles. The zero-order chi connectivity index (χ0) is 26.4. The standard InChI is InChI=1S/C28H38FN3O5/c1-18-14-22(26(36-3)23(29)15-18)25(28(33)34)32-12-10-20(17-32)37-13-6-4-5-8-19-16-24(35-2)21-9-7-11-30-27(21)31-19/h14-16,20,25H,4-13,17H2,1-3H3,(H,30,31)(H,33,34)/t20-,25-/m1/s1. The second-order valence-electron chi connectivity index (χ2n) is 9.87. The number of anilines is 1. The summed E-state index contributed by atoms with van der Waals surface area (Å²) in [5.74, 6) is 0.305. The molecule has 2 aliphatic rings. The van der Waals surface area contributed by atoms with Crippen molar-refractivity contribution < 1.29 is 28.5 Å². The highest BCUT2D eigenvalue weighted by Gasteiger charge is 2.36. The number of aromatic nitrogens is 1. The van der Waals surface area contributed by atoms with Crippen LogP contribution in [0.1, 0.15) is 60.5 Å². The van der Waals surface area contributed by atoms with Crippen LogP contribution in [0.5, 0.6) is 11.5 Å². The lowest BCUT2D eigenvalue weighted by atomic mass is 10.0. The van der Waals surface area contributed by atoms with Gasteiger partial charge in [-0.3, -0.25) is 9.69 Å². The van der Waals surface area contributed by atoms with Crippen LogP contribution >= 0.6 is 0 Å². The number of fused-ring (bicyclic) bond motifs is 1. The molecular formula is C28H38FN3O5. The second-order valence-corrected chi connectivity index (χ2v) is 9.87. The number of carboxylic acids is 1. The van der Waals surface area contributed by atoms with E-state index in [0.717, 1.165) is 68.8 Å². The third-order valence-corrected chi connectivity index (χ3v) is 7.17. The number of unbranched alkanes of at least 4 members (excludes halogenated alkanes) is 2. The molecule has 9 heteroatoms. The van der Waals surface area contributed by atoms with Crippen LogP contribution in [0.3, 0.4) is 0 Å². The molecule has 4 rings (SSSR count). The summed E-state index contributed by atoms with van der Waals surface area (Å²) >= 11 is 0. The Morgan fingerprint density at radius 1 is 1.24 bits per heavy atom. The van der Waals surface area contributed by atoms with Crippen LogP contribution in [0.25, 0.3) is 0 Å². The van der Waals surface area contributed by atoms with E-state index in [1.807, 2.05) is 4.90 Å². The number of ether oxygens (including phenoxy) is 3. The molecule has 2 aliphatic heterocycles.